The van der Waals surface area contributed by atoms with Crippen LogP contribution in [-0.4, -0.2) is 63.3 Å². The number of para-hydroxylation sites is 2. The molecule has 154 valence electrons. The largest absolute Gasteiger partial charge is 0.493 e. The Morgan fingerprint density at radius 2 is 1.85 bits per heavy atom. The fraction of sp³-hybridized carbons (Fsp3) is 0.650. The zero-order chi connectivity index (χ0) is 18.6. The zero-order valence-electron chi connectivity index (χ0n) is 16.9. The number of hydrogen-bond acceptors (Lipinski definition) is 4. The van der Waals surface area contributed by atoms with Crippen molar-refractivity contribution in [2.45, 2.75) is 39.2 Å². The zero-order valence-corrected chi connectivity index (χ0v) is 19.2. The Labute approximate surface area is 181 Å². The van der Waals surface area contributed by atoms with E-state index in [4.69, 9.17) is 9.47 Å². The summed E-state index contributed by atoms with van der Waals surface area (Å²) in [6.07, 6.45) is 3.99. The SMILES string of the molecule is CCNC(=NCC(C)Oc1ccccc1OC)NCCN1CCCCC1.I. The van der Waals surface area contributed by atoms with Crippen LogP contribution in [-0.2, 0) is 0 Å². The molecule has 2 N–H and O–H groups in total. The van der Waals surface area contributed by atoms with Gasteiger partial charge in [0.15, 0.2) is 17.5 Å². The number of guanidine groups is 1. The van der Waals surface area contributed by atoms with E-state index in [1.54, 1.807) is 7.11 Å². The Kier molecular flexibility index (Phi) is 12.2. The number of likely N-dealkylation sites (tertiary alicyclic amines) is 1. The average molecular weight is 490 g/mol. The molecule has 0 spiro atoms. The van der Waals surface area contributed by atoms with Crippen LogP contribution < -0.4 is 20.1 Å². The molecule has 0 bridgehead atoms. The van der Waals surface area contributed by atoms with Gasteiger partial charge in [-0.25, -0.2) is 4.99 Å². The first-order valence-corrected chi connectivity index (χ1v) is 9.77. The van der Waals surface area contributed by atoms with E-state index in [2.05, 4.69) is 27.4 Å². The maximum absolute atomic E-state index is 5.97. The Bertz CT molecular complexity index is 551. The van der Waals surface area contributed by atoms with Crippen LogP contribution in [0, 0.1) is 0 Å². The van der Waals surface area contributed by atoms with Gasteiger partial charge in [-0.2, -0.15) is 0 Å². The summed E-state index contributed by atoms with van der Waals surface area (Å²) in [7, 11) is 1.65. The number of ether oxygens (including phenoxy) is 2. The van der Waals surface area contributed by atoms with Crippen molar-refractivity contribution < 1.29 is 9.47 Å². The highest BCUT2D eigenvalue weighted by atomic mass is 127. The number of rotatable bonds is 9. The molecule has 1 atom stereocenters. The highest BCUT2D eigenvalue weighted by Gasteiger charge is 2.10. The van der Waals surface area contributed by atoms with Gasteiger partial charge in [0.05, 0.1) is 13.7 Å². The van der Waals surface area contributed by atoms with Crippen molar-refractivity contribution in [2.24, 2.45) is 4.99 Å². The summed E-state index contributed by atoms with van der Waals surface area (Å²) in [6.45, 7) is 9.95. The average Bonchev–Trinajstić information content (AvgIpc) is 2.67. The molecule has 27 heavy (non-hydrogen) atoms. The number of nitrogens with zero attached hydrogens (tertiary/aromatic N) is 2. The topological polar surface area (TPSA) is 58.1 Å². The molecular weight excluding hydrogens is 455 g/mol. The van der Waals surface area contributed by atoms with E-state index in [-0.39, 0.29) is 30.1 Å². The van der Waals surface area contributed by atoms with Gasteiger partial charge >= 0.3 is 0 Å². The summed E-state index contributed by atoms with van der Waals surface area (Å²) in [5, 5.41) is 6.73. The molecule has 0 saturated carbocycles. The van der Waals surface area contributed by atoms with Gasteiger partial charge < -0.3 is 25.0 Å². The van der Waals surface area contributed by atoms with Crippen LogP contribution in [0.15, 0.2) is 29.3 Å². The third kappa shape index (κ3) is 9.01. The van der Waals surface area contributed by atoms with Crippen molar-refractivity contribution in [2.75, 3.05) is 46.4 Å². The maximum Gasteiger partial charge on any atom is 0.191 e. The first kappa shape index (κ1) is 23.8. The molecule has 1 fully saturated rings. The molecule has 6 nitrogen and oxygen atoms in total. The Morgan fingerprint density at radius 3 is 2.52 bits per heavy atom. The minimum Gasteiger partial charge on any atom is -0.493 e. The Morgan fingerprint density at radius 1 is 1.15 bits per heavy atom. The molecule has 1 heterocycles. The summed E-state index contributed by atoms with van der Waals surface area (Å²) in [5.41, 5.74) is 0. The predicted molar refractivity (Wildman–Crippen MR) is 123 cm³/mol. The third-order valence-electron chi connectivity index (χ3n) is 4.42. The fourth-order valence-electron chi connectivity index (χ4n) is 3.05. The van der Waals surface area contributed by atoms with Crippen molar-refractivity contribution in [1.29, 1.82) is 0 Å². The number of nitrogens with one attached hydrogen (secondary N) is 2. The molecule has 7 heteroatoms. The molecule has 1 aromatic rings. The Balaban J connectivity index is 0.00000364. The van der Waals surface area contributed by atoms with E-state index in [0.717, 1.165) is 37.1 Å². The van der Waals surface area contributed by atoms with Crippen LogP contribution in [0.5, 0.6) is 11.5 Å². The van der Waals surface area contributed by atoms with E-state index < -0.39 is 0 Å². The van der Waals surface area contributed by atoms with Gasteiger partial charge in [-0.3, -0.25) is 0 Å². The van der Waals surface area contributed by atoms with Crippen molar-refractivity contribution >= 4 is 29.9 Å². The van der Waals surface area contributed by atoms with Crippen molar-refractivity contribution in [3.8, 4) is 11.5 Å². The van der Waals surface area contributed by atoms with E-state index in [9.17, 15) is 0 Å². The minimum atomic E-state index is -0.0381. The van der Waals surface area contributed by atoms with Gasteiger partial charge in [0.25, 0.3) is 0 Å². The lowest BCUT2D eigenvalue weighted by Gasteiger charge is -2.26. The van der Waals surface area contributed by atoms with Crippen LogP contribution in [0.1, 0.15) is 33.1 Å². The molecule has 0 amide bonds. The van der Waals surface area contributed by atoms with E-state index >= 15 is 0 Å². The second kappa shape index (κ2) is 13.9. The number of aliphatic imine (C=N–C) groups is 1. The number of piperidine rings is 1. The van der Waals surface area contributed by atoms with Crippen molar-refractivity contribution in [3.05, 3.63) is 24.3 Å². The van der Waals surface area contributed by atoms with E-state index in [1.165, 1.54) is 32.4 Å². The second-order valence-electron chi connectivity index (χ2n) is 6.63. The minimum absolute atomic E-state index is 0. The third-order valence-corrected chi connectivity index (χ3v) is 4.42. The van der Waals surface area contributed by atoms with E-state index in [0.29, 0.717) is 6.54 Å². The van der Waals surface area contributed by atoms with Gasteiger partial charge in [-0.1, -0.05) is 18.6 Å². The number of halogens is 1. The first-order chi connectivity index (χ1) is 12.7. The maximum atomic E-state index is 5.97. The molecule has 2 rings (SSSR count). The van der Waals surface area contributed by atoms with Gasteiger partial charge in [0, 0.05) is 19.6 Å². The van der Waals surface area contributed by atoms with Gasteiger partial charge in [0.2, 0.25) is 0 Å². The highest BCUT2D eigenvalue weighted by molar-refractivity contribution is 14.0. The van der Waals surface area contributed by atoms with Crippen molar-refractivity contribution in [3.63, 3.8) is 0 Å². The van der Waals surface area contributed by atoms with Crippen LogP contribution in [0.3, 0.4) is 0 Å². The smallest absolute Gasteiger partial charge is 0.191 e. The van der Waals surface area contributed by atoms with Crippen LogP contribution in [0.25, 0.3) is 0 Å². The molecule has 0 radical (unpaired) electrons. The normalized spacial score (nSPS) is 16.2. The number of benzene rings is 1. The quantitative estimate of drug-likeness (QED) is 0.317. The summed E-state index contributed by atoms with van der Waals surface area (Å²) >= 11 is 0. The number of methoxy groups -OCH3 is 1. The monoisotopic (exact) mass is 490 g/mol. The van der Waals surface area contributed by atoms with Gasteiger partial charge in [-0.05, 0) is 51.9 Å². The molecule has 0 aromatic heterocycles. The lowest BCUT2D eigenvalue weighted by atomic mass is 10.1. The second-order valence-corrected chi connectivity index (χ2v) is 6.63. The molecule has 1 aromatic carbocycles. The van der Waals surface area contributed by atoms with Crippen LogP contribution in [0.2, 0.25) is 0 Å². The summed E-state index contributed by atoms with van der Waals surface area (Å²) < 4.78 is 11.3. The molecule has 0 aliphatic carbocycles. The number of hydrogen-bond donors (Lipinski definition) is 2. The fourth-order valence-corrected chi connectivity index (χ4v) is 3.05. The molecule has 1 aliphatic rings. The first-order valence-electron chi connectivity index (χ1n) is 9.77. The standard InChI is InChI=1S/C20H34N4O2.HI/c1-4-21-20(22-12-15-24-13-8-5-9-14-24)23-16-17(2)26-19-11-7-6-10-18(19)25-3;/h6-7,10-11,17H,4-5,8-9,12-16H2,1-3H3,(H2,21,22,23);1H. The lowest BCUT2D eigenvalue weighted by molar-refractivity contribution is 0.219. The highest BCUT2D eigenvalue weighted by Crippen LogP contribution is 2.26. The molecule has 1 aliphatic heterocycles. The predicted octanol–water partition coefficient (Wildman–Crippen LogP) is 3.12. The lowest BCUT2D eigenvalue weighted by Crippen LogP contribution is -2.43. The van der Waals surface area contributed by atoms with Gasteiger partial charge in [0.1, 0.15) is 6.10 Å². The summed E-state index contributed by atoms with van der Waals surface area (Å²) in [5.74, 6) is 2.34. The molecule has 1 saturated heterocycles. The van der Waals surface area contributed by atoms with E-state index in [1.807, 2.05) is 31.2 Å². The molecular formula is C20H35IN4O2. The van der Waals surface area contributed by atoms with Crippen LogP contribution >= 0.6 is 24.0 Å². The summed E-state index contributed by atoms with van der Waals surface area (Å²) in [6, 6.07) is 7.70. The molecule has 1 unspecified atom stereocenters. The van der Waals surface area contributed by atoms with Crippen molar-refractivity contribution in [1.82, 2.24) is 15.5 Å². The van der Waals surface area contributed by atoms with Crippen LogP contribution in [0.4, 0.5) is 0 Å². The summed E-state index contributed by atoms with van der Waals surface area (Å²) in [4.78, 5) is 7.18. The Hall–Kier alpha value is -1.22. The van der Waals surface area contributed by atoms with Gasteiger partial charge in [-0.15, -0.1) is 24.0 Å².